The molecule has 2 aromatic rings. The normalized spacial score (nSPS) is 18.0. The van der Waals surface area contributed by atoms with Crippen molar-refractivity contribution in [3.05, 3.63) is 55.7 Å². The highest BCUT2D eigenvalue weighted by atomic mass is 79.9. The zero-order chi connectivity index (χ0) is 23.9. The predicted octanol–water partition coefficient (Wildman–Crippen LogP) is 5.52. The number of rotatable bonds is 4. The van der Waals surface area contributed by atoms with Crippen LogP contribution < -0.4 is 0 Å². The topological polar surface area (TPSA) is 62.6 Å². The average molecular weight is 530 g/mol. The first-order valence-corrected chi connectivity index (χ1v) is 12.8. The van der Waals surface area contributed by atoms with Crippen LogP contribution in [0.15, 0.2) is 27.6 Å². The van der Waals surface area contributed by atoms with Crippen LogP contribution in [0.5, 0.6) is 0 Å². The van der Waals surface area contributed by atoms with Gasteiger partial charge >= 0.3 is 0 Å². The molecular weight excluding hydrogens is 502 g/mol. The van der Waals surface area contributed by atoms with Crippen LogP contribution in [-0.4, -0.2) is 51.1 Å². The number of aryl methyl sites for hydroxylation is 3. The highest BCUT2D eigenvalue weighted by molar-refractivity contribution is 9.10. The average Bonchev–Trinajstić information content (AvgIpc) is 3.21. The third kappa shape index (κ3) is 4.68. The van der Waals surface area contributed by atoms with Crippen LogP contribution in [0.2, 0.25) is 0 Å². The van der Waals surface area contributed by atoms with E-state index < -0.39 is 5.91 Å². The Labute approximate surface area is 207 Å². The molecule has 2 aliphatic rings. The molecule has 0 aliphatic carbocycles. The van der Waals surface area contributed by atoms with Crippen LogP contribution in [0.4, 0.5) is 4.79 Å². The summed E-state index contributed by atoms with van der Waals surface area (Å²) in [4.78, 5) is 41.3. The van der Waals surface area contributed by atoms with Crippen LogP contribution in [-0.2, 0) is 9.59 Å². The number of amides is 3. The Kier molecular flexibility index (Phi) is 6.86. The lowest BCUT2D eigenvalue weighted by Gasteiger charge is -2.27. The van der Waals surface area contributed by atoms with Gasteiger partial charge in [-0.1, -0.05) is 15.9 Å². The van der Waals surface area contributed by atoms with E-state index in [0.29, 0.717) is 18.0 Å². The number of imide groups is 1. The van der Waals surface area contributed by atoms with E-state index in [4.69, 9.17) is 0 Å². The molecule has 33 heavy (non-hydrogen) atoms. The minimum absolute atomic E-state index is 0.155. The Morgan fingerprint density at radius 2 is 1.67 bits per heavy atom. The van der Waals surface area contributed by atoms with Gasteiger partial charge in [0.2, 0.25) is 5.91 Å². The van der Waals surface area contributed by atoms with Crippen molar-refractivity contribution in [3.63, 3.8) is 0 Å². The number of likely N-dealkylation sites (tertiary alicyclic amines) is 1. The van der Waals surface area contributed by atoms with Crippen LogP contribution in [0, 0.1) is 27.7 Å². The fraction of sp³-hybridized carbons (Fsp3) is 0.400. The maximum Gasteiger partial charge on any atom is 0.294 e. The van der Waals surface area contributed by atoms with Crippen molar-refractivity contribution in [1.82, 2.24) is 14.4 Å². The largest absolute Gasteiger partial charge is 0.341 e. The zero-order valence-electron chi connectivity index (χ0n) is 19.4. The van der Waals surface area contributed by atoms with Crippen molar-refractivity contribution in [2.45, 2.75) is 47.0 Å². The van der Waals surface area contributed by atoms with E-state index in [2.05, 4.69) is 46.5 Å². The van der Waals surface area contributed by atoms with Crippen molar-refractivity contribution >= 4 is 50.8 Å². The molecule has 0 saturated carbocycles. The molecule has 0 spiro atoms. The summed E-state index contributed by atoms with van der Waals surface area (Å²) in [5.74, 6) is -0.548. The van der Waals surface area contributed by atoms with Crippen molar-refractivity contribution in [2.75, 3.05) is 19.6 Å². The molecule has 8 heteroatoms. The minimum Gasteiger partial charge on any atom is -0.341 e. The summed E-state index contributed by atoms with van der Waals surface area (Å²) in [6.07, 6.45) is 4.83. The number of hydrogen-bond acceptors (Lipinski definition) is 4. The maximum absolute atomic E-state index is 13.0. The summed E-state index contributed by atoms with van der Waals surface area (Å²) in [6.45, 7) is 9.39. The van der Waals surface area contributed by atoms with Gasteiger partial charge in [-0.3, -0.25) is 19.3 Å². The number of piperidine rings is 1. The highest BCUT2D eigenvalue weighted by Crippen LogP contribution is 2.34. The first kappa shape index (κ1) is 23.8. The number of halogens is 1. The molecule has 0 radical (unpaired) electrons. The SMILES string of the molecule is Cc1cc(-n2c(C)cc(/C=C3\SC(=O)N(CC(=O)N4CCCCC4)C3=O)c2C)cc(C)c1Br. The predicted molar refractivity (Wildman–Crippen MR) is 136 cm³/mol. The summed E-state index contributed by atoms with van der Waals surface area (Å²) in [5.41, 5.74) is 6.28. The molecule has 1 aromatic carbocycles. The number of carbonyl (C=O) groups excluding carboxylic acids is 3. The Bertz CT molecular complexity index is 1150. The van der Waals surface area contributed by atoms with Crippen LogP contribution in [0.3, 0.4) is 0 Å². The Hall–Kier alpha value is -2.32. The fourth-order valence-electron chi connectivity index (χ4n) is 4.54. The molecule has 0 atom stereocenters. The van der Waals surface area contributed by atoms with Gasteiger partial charge < -0.3 is 9.47 Å². The first-order chi connectivity index (χ1) is 15.7. The van der Waals surface area contributed by atoms with Gasteiger partial charge in [0.25, 0.3) is 11.1 Å². The number of aromatic nitrogens is 1. The van der Waals surface area contributed by atoms with E-state index in [1.54, 1.807) is 11.0 Å². The molecule has 0 bridgehead atoms. The van der Waals surface area contributed by atoms with Crippen molar-refractivity contribution < 1.29 is 14.4 Å². The number of nitrogens with zero attached hydrogens (tertiary/aromatic N) is 3. The van der Waals surface area contributed by atoms with E-state index in [9.17, 15) is 14.4 Å². The van der Waals surface area contributed by atoms with Crippen LogP contribution >= 0.6 is 27.7 Å². The third-order valence-electron chi connectivity index (χ3n) is 6.31. The van der Waals surface area contributed by atoms with Gasteiger partial charge in [0, 0.05) is 34.6 Å². The summed E-state index contributed by atoms with van der Waals surface area (Å²) in [6, 6.07) is 6.27. The van der Waals surface area contributed by atoms with E-state index in [1.807, 2.05) is 19.9 Å². The molecule has 2 saturated heterocycles. The molecule has 3 amide bonds. The number of hydrogen-bond donors (Lipinski definition) is 0. The smallest absolute Gasteiger partial charge is 0.294 e. The summed E-state index contributed by atoms with van der Waals surface area (Å²) >= 11 is 4.53. The fourth-order valence-corrected chi connectivity index (χ4v) is 5.60. The second-order valence-corrected chi connectivity index (χ2v) is 10.6. The van der Waals surface area contributed by atoms with Gasteiger partial charge in [-0.2, -0.15) is 0 Å². The number of carbonyl (C=O) groups is 3. The molecule has 174 valence electrons. The lowest BCUT2D eigenvalue weighted by molar-refractivity contribution is -0.136. The van der Waals surface area contributed by atoms with Crippen molar-refractivity contribution in [2.24, 2.45) is 0 Å². The molecule has 2 fully saturated rings. The Morgan fingerprint density at radius 1 is 1.03 bits per heavy atom. The van der Waals surface area contributed by atoms with Crippen molar-refractivity contribution in [1.29, 1.82) is 0 Å². The van der Waals surface area contributed by atoms with E-state index in [-0.39, 0.29) is 17.7 Å². The summed E-state index contributed by atoms with van der Waals surface area (Å²) < 4.78 is 3.25. The van der Waals surface area contributed by atoms with Gasteiger partial charge in [0.1, 0.15) is 6.54 Å². The molecule has 2 aliphatic heterocycles. The van der Waals surface area contributed by atoms with Gasteiger partial charge in [-0.25, -0.2) is 0 Å². The van der Waals surface area contributed by atoms with Crippen LogP contribution in [0.1, 0.15) is 47.3 Å². The quantitative estimate of drug-likeness (QED) is 0.489. The molecule has 0 N–H and O–H groups in total. The number of thioether (sulfide) groups is 1. The highest BCUT2D eigenvalue weighted by Gasteiger charge is 2.37. The molecule has 0 unspecified atom stereocenters. The van der Waals surface area contributed by atoms with Gasteiger partial charge in [0.15, 0.2) is 0 Å². The summed E-state index contributed by atoms with van der Waals surface area (Å²) in [7, 11) is 0. The second kappa shape index (κ2) is 9.50. The van der Waals surface area contributed by atoms with E-state index >= 15 is 0 Å². The van der Waals surface area contributed by atoms with E-state index in [0.717, 1.165) is 74.2 Å². The monoisotopic (exact) mass is 529 g/mol. The Morgan fingerprint density at radius 3 is 2.30 bits per heavy atom. The van der Waals surface area contributed by atoms with Crippen LogP contribution in [0.25, 0.3) is 11.8 Å². The molecule has 1 aromatic heterocycles. The van der Waals surface area contributed by atoms with Gasteiger partial charge in [-0.05, 0) is 99.7 Å². The third-order valence-corrected chi connectivity index (χ3v) is 8.47. The molecule has 4 rings (SSSR count). The molecule has 6 nitrogen and oxygen atoms in total. The first-order valence-electron chi connectivity index (χ1n) is 11.2. The molecular formula is C25H28BrN3O3S. The number of benzene rings is 1. The summed E-state index contributed by atoms with van der Waals surface area (Å²) in [5, 5.41) is -0.385. The lowest BCUT2D eigenvalue weighted by Crippen LogP contribution is -2.44. The van der Waals surface area contributed by atoms with Gasteiger partial charge in [0.05, 0.1) is 4.91 Å². The Balaban J connectivity index is 1.58. The zero-order valence-corrected chi connectivity index (χ0v) is 21.8. The van der Waals surface area contributed by atoms with Crippen molar-refractivity contribution in [3.8, 4) is 5.69 Å². The van der Waals surface area contributed by atoms with E-state index in [1.165, 1.54) is 0 Å². The second-order valence-electron chi connectivity index (χ2n) is 8.76. The standard InChI is InChI=1S/C25H28BrN3O3S/c1-15-10-20(11-16(2)23(15)26)29-17(3)12-19(18(29)4)13-21-24(31)28(25(32)33-21)14-22(30)27-8-6-5-7-9-27/h10-13H,5-9,14H2,1-4H3/b21-13-. The maximum atomic E-state index is 13.0. The van der Waals surface area contributed by atoms with Gasteiger partial charge in [-0.15, -0.1) is 0 Å². The minimum atomic E-state index is -0.393. The lowest BCUT2D eigenvalue weighted by atomic mass is 10.1. The molecule has 3 heterocycles.